The maximum Gasteiger partial charge on any atom is 0.303 e. The van der Waals surface area contributed by atoms with Crippen LogP contribution in [0.4, 0.5) is 0 Å². The molecule has 2 N–H and O–H groups in total. The van der Waals surface area contributed by atoms with Crippen LogP contribution < -0.4 is 0 Å². The number of benzene rings is 1. The van der Waals surface area contributed by atoms with Gasteiger partial charge in [0.25, 0.3) is 0 Å². The molecule has 1 aromatic rings. The smallest absolute Gasteiger partial charge is 0.303 e. The topological polar surface area (TPSA) is 77.8 Å². The van der Waals surface area contributed by atoms with E-state index in [-0.39, 0.29) is 18.4 Å². The van der Waals surface area contributed by atoms with Gasteiger partial charge >= 0.3 is 5.97 Å². The molecule has 31 heavy (non-hydrogen) atoms. The second-order valence-electron chi connectivity index (χ2n) is 8.39. The Morgan fingerprint density at radius 1 is 1.32 bits per heavy atom. The van der Waals surface area contributed by atoms with Gasteiger partial charge in [0.15, 0.2) is 0 Å². The summed E-state index contributed by atoms with van der Waals surface area (Å²) in [6, 6.07) is 5.88. The van der Waals surface area contributed by atoms with Crippen molar-refractivity contribution in [1.82, 2.24) is 4.90 Å². The molecule has 1 fully saturated rings. The standard InChI is InChI=1S/C25H34ClNO4/c1-18(2)22-11-7-9-19(25(22)26)17-21(28)15-14-20-10-8-12-23(29)27(20)16-6-4-3-5-13-24(30)31/h4,6-7,9,11,14-15,18,20-21,28H,3,5,8,10,12-13,16-17H2,1-2H3,(H,30,31)/b6-4-,15-14+/t20-,21?/m1/s1. The van der Waals surface area contributed by atoms with Crippen LogP contribution in [-0.2, 0) is 16.0 Å². The number of hydrogen-bond acceptors (Lipinski definition) is 3. The molecule has 0 spiro atoms. The maximum absolute atomic E-state index is 12.4. The third-order valence-electron chi connectivity index (χ3n) is 5.56. The predicted octanol–water partition coefficient (Wildman–Crippen LogP) is 5.12. The number of aliphatic hydroxyl groups is 1. The van der Waals surface area contributed by atoms with Gasteiger partial charge in [-0.3, -0.25) is 9.59 Å². The number of nitrogens with zero attached hydrogens (tertiary/aromatic N) is 1. The normalized spacial score (nSPS) is 18.4. The minimum Gasteiger partial charge on any atom is -0.481 e. The zero-order chi connectivity index (χ0) is 22.8. The van der Waals surface area contributed by atoms with E-state index in [2.05, 4.69) is 13.8 Å². The number of halogens is 1. The van der Waals surface area contributed by atoms with Gasteiger partial charge in [0.05, 0.1) is 12.1 Å². The monoisotopic (exact) mass is 447 g/mol. The minimum absolute atomic E-state index is 0.0444. The van der Waals surface area contributed by atoms with Crippen molar-refractivity contribution in [2.24, 2.45) is 0 Å². The van der Waals surface area contributed by atoms with Gasteiger partial charge in [-0.15, -0.1) is 0 Å². The lowest BCUT2D eigenvalue weighted by Crippen LogP contribution is -2.42. The number of unbranched alkanes of at least 4 members (excludes halogenated alkanes) is 1. The summed E-state index contributed by atoms with van der Waals surface area (Å²) < 4.78 is 0. The first-order valence-corrected chi connectivity index (χ1v) is 11.5. The number of carboxylic acid groups (broad SMARTS) is 1. The van der Waals surface area contributed by atoms with Crippen LogP contribution in [0.5, 0.6) is 0 Å². The van der Waals surface area contributed by atoms with E-state index < -0.39 is 12.1 Å². The molecule has 5 nitrogen and oxygen atoms in total. The number of likely N-dealkylation sites (tertiary alicyclic amines) is 1. The van der Waals surface area contributed by atoms with E-state index in [9.17, 15) is 14.7 Å². The first-order valence-electron chi connectivity index (χ1n) is 11.1. The van der Waals surface area contributed by atoms with Crippen LogP contribution in [0.2, 0.25) is 5.02 Å². The highest BCUT2D eigenvalue weighted by Crippen LogP contribution is 2.28. The summed E-state index contributed by atoms with van der Waals surface area (Å²) in [6.45, 7) is 4.69. The third-order valence-corrected chi connectivity index (χ3v) is 6.02. The van der Waals surface area contributed by atoms with E-state index in [1.807, 2.05) is 41.3 Å². The Labute approximate surface area is 190 Å². The molecule has 0 bridgehead atoms. The number of piperidine rings is 1. The summed E-state index contributed by atoms with van der Waals surface area (Å²) in [5, 5.41) is 19.9. The van der Waals surface area contributed by atoms with Crippen molar-refractivity contribution in [3.8, 4) is 0 Å². The predicted molar refractivity (Wildman–Crippen MR) is 124 cm³/mol. The summed E-state index contributed by atoms with van der Waals surface area (Å²) in [5.41, 5.74) is 2.00. The molecule has 0 saturated carbocycles. The van der Waals surface area contributed by atoms with Crippen molar-refractivity contribution in [1.29, 1.82) is 0 Å². The zero-order valence-electron chi connectivity index (χ0n) is 18.5. The number of aliphatic hydroxyl groups excluding tert-OH is 1. The average molecular weight is 448 g/mol. The molecule has 1 aliphatic heterocycles. The zero-order valence-corrected chi connectivity index (χ0v) is 19.2. The molecule has 2 rings (SSSR count). The summed E-state index contributed by atoms with van der Waals surface area (Å²) in [5.74, 6) is -0.363. The Morgan fingerprint density at radius 2 is 2.10 bits per heavy atom. The third kappa shape index (κ3) is 8.15. The Balaban J connectivity index is 1.95. The number of carbonyl (C=O) groups excluding carboxylic acids is 1. The number of carboxylic acids is 1. The lowest BCUT2D eigenvalue weighted by molar-refractivity contribution is -0.137. The maximum atomic E-state index is 12.4. The van der Waals surface area contributed by atoms with E-state index >= 15 is 0 Å². The van der Waals surface area contributed by atoms with Gasteiger partial charge in [0.2, 0.25) is 5.91 Å². The Morgan fingerprint density at radius 3 is 2.81 bits per heavy atom. The molecule has 1 unspecified atom stereocenters. The van der Waals surface area contributed by atoms with Gasteiger partial charge in [-0.05, 0) is 42.7 Å². The van der Waals surface area contributed by atoms with Crippen LogP contribution in [0.1, 0.15) is 69.4 Å². The number of amides is 1. The van der Waals surface area contributed by atoms with E-state index in [0.717, 1.165) is 24.0 Å². The van der Waals surface area contributed by atoms with Crippen molar-refractivity contribution >= 4 is 23.5 Å². The second-order valence-corrected chi connectivity index (χ2v) is 8.77. The van der Waals surface area contributed by atoms with Gasteiger partial charge in [0, 0.05) is 30.8 Å². The molecule has 2 atom stereocenters. The summed E-state index contributed by atoms with van der Waals surface area (Å²) >= 11 is 6.52. The highest BCUT2D eigenvalue weighted by Gasteiger charge is 2.25. The van der Waals surface area contributed by atoms with Gasteiger partial charge in [-0.25, -0.2) is 0 Å². The van der Waals surface area contributed by atoms with Crippen LogP contribution in [-0.4, -0.2) is 45.7 Å². The quantitative estimate of drug-likeness (QED) is 0.364. The van der Waals surface area contributed by atoms with Crippen molar-refractivity contribution in [3.05, 3.63) is 58.7 Å². The Bertz CT molecular complexity index is 803. The Kier molecular flexibility index (Phi) is 10.3. The van der Waals surface area contributed by atoms with Gasteiger partial charge in [-0.1, -0.05) is 68.0 Å². The van der Waals surface area contributed by atoms with Crippen LogP contribution in [0.3, 0.4) is 0 Å². The van der Waals surface area contributed by atoms with Crippen molar-refractivity contribution in [2.75, 3.05) is 6.54 Å². The largest absolute Gasteiger partial charge is 0.481 e. The molecule has 170 valence electrons. The molecule has 0 aromatic heterocycles. The van der Waals surface area contributed by atoms with Gasteiger partial charge < -0.3 is 15.1 Å². The first-order chi connectivity index (χ1) is 14.8. The van der Waals surface area contributed by atoms with Crippen LogP contribution in [0, 0.1) is 0 Å². The van der Waals surface area contributed by atoms with Crippen molar-refractivity contribution < 1.29 is 19.8 Å². The van der Waals surface area contributed by atoms with E-state index in [1.165, 1.54) is 0 Å². The number of aliphatic carboxylic acids is 1. The first kappa shape index (κ1) is 25.2. The molecule has 0 aliphatic carbocycles. The highest BCUT2D eigenvalue weighted by atomic mass is 35.5. The fourth-order valence-electron chi connectivity index (χ4n) is 3.81. The SMILES string of the molecule is CC(C)c1cccc(CC(O)/C=C/[C@H]2CCCC(=O)N2C/C=C\CCCC(=O)O)c1Cl. The number of carbonyl (C=O) groups is 2. The molecule has 1 aliphatic rings. The Hall–Kier alpha value is -2.11. The molecular weight excluding hydrogens is 414 g/mol. The fraction of sp³-hybridized carbons (Fsp3) is 0.520. The van der Waals surface area contributed by atoms with Crippen LogP contribution in [0.15, 0.2) is 42.5 Å². The molecule has 1 aromatic carbocycles. The number of rotatable bonds is 11. The average Bonchev–Trinajstić information content (AvgIpc) is 2.71. The van der Waals surface area contributed by atoms with Crippen LogP contribution >= 0.6 is 11.6 Å². The molecule has 1 amide bonds. The van der Waals surface area contributed by atoms with Crippen LogP contribution in [0.25, 0.3) is 0 Å². The van der Waals surface area contributed by atoms with Crippen molar-refractivity contribution in [2.45, 2.75) is 76.9 Å². The number of hydrogen-bond donors (Lipinski definition) is 2. The summed E-state index contributed by atoms with van der Waals surface area (Å²) in [4.78, 5) is 24.8. The lowest BCUT2D eigenvalue weighted by Gasteiger charge is -2.33. The number of allylic oxidation sites excluding steroid dienone is 1. The minimum atomic E-state index is -0.791. The summed E-state index contributed by atoms with van der Waals surface area (Å²) in [6.07, 6.45) is 11.0. The van der Waals surface area contributed by atoms with E-state index in [0.29, 0.717) is 43.2 Å². The molecule has 1 saturated heterocycles. The van der Waals surface area contributed by atoms with E-state index in [1.54, 1.807) is 6.08 Å². The van der Waals surface area contributed by atoms with Gasteiger partial charge in [0.1, 0.15) is 0 Å². The molecular formula is C25H34ClNO4. The lowest BCUT2D eigenvalue weighted by atomic mass is 9.97. The second kappa shape index (κ2) is 12.7. The molecule has 0 radical (unpaired) electrons. The summed E-state index contributed by atoms with van der Waals surface area (Å²) in [7, 11) is 0. The fourth-order valence-corrected chi connectivity index (χ4v) is 4.24. The molecule has 1 heterocycles. The van der Waals surface area contributed by atoms with E-state index in [4.69, 9.17) is 16.7 Å². The molecule has 6 heteroatoms. The highest BCUT2D eigenvalue weighted by molar-refractivity contribution is 6.32. The van der Waals surface area contributed by atoms with Gasteiger partial charge in [-0.2, -0.15) is 0 Å². The van der Waals surface area contributed by atoms with Crippen molar-refractivity contribution in [3.63, 3.8) is 0 Å².